The van der Waals surface area contributed by atoms with Crippen LogP contribution in [0.3, 0.4) is 0 Å². The smallest absolute Gasteiger partial charge is 0.255 e. The molecule has 0 spiro atoms. The summed E-state index contributed by atoms with van der Waals surface area (Å²) >= 11 is 0. The van der Waals surface area contributed by atoms with Gasteiger partial charge < -0.3 is 21.1 Å². The van der Waals surface area contributed by atoms with Crippen molar-refractivity contribution in [2.24, 2.45) is 10.7 Å². The first-order valence-corrected chi connectivity index (χ1v) is 10.3. The van der Waals surface area contributed by atoms with E-state index in [1.54, 1.807) is 6.07 Å². The van der Waals surface area contributed by atoms with E-state index in [4.69, 9.17) is 15.5 Å². The monoisotopic (exact) mass is 412 g/mol. The minimum Gasteiger partial charge on any atom is -0.484 e. The van der Waals surface area contributed by atoms with Crippen LogP contribution < -0.4 is 21.1 Å². The molecule has 0 saturated heterocycles. The maximum absolute atomic E-state index is 14.2. The molecule has 2 aromatic carbocycles. The zero-order valence-electron chi connectivity index (χ0n) is 17.3. The summed E-state index contributed by atoms with van der Waals surface area (Å²) in [6, 6.07) is 14.6. The number of hydrogen-bond acceptors (Lipinski definition) is 3. The lowest BCUT2D eigenvalue weighted by Gasteiger charge is -2.16. The summed E-state index contributed by atoms with van der Waals surface area (Å²) < 4.78 is 19.5. The van der Waals surface area contributed by atoms with Gasteiger partial charge in [-0.15, -0.1) is 0 Å². The van der Waals surface area contributed by atoms with E-state index in [0.717, 1.165) is 42.9 Å². The maximum Gasteiger partial charge on any atom is 0.255 e. The molecular formula is C23H29FN4O2. The molecule has 0 aliphatic heterocycles. The van der Waals surface area contributed by atoms with Crippen LogP contribution in [0.5, 0.6) is 5.75 Å². The van der Waals surface area contributed by atoms with E-state index in [2.05, 4.69) is 10.6 Å². The summed E-state index contributed by atoms with van der Waals surface area (Å²) in [5.74, 6) is 0.706. The summed E-state index contributed by atoms with van der Waals surface area (Å²) in [5.41, 5.74) is 6.81. The Morgan fingerprint density at radius 3 is 2.53 bits per heavy atom. The molecule has 160 valence electrons. The number of nitrogens with one attached hydrogen (secondary N) is 2. The molecule has 0 atom stereocenters. The van der Waals surface area contributed by atoms with Crippen molar-refractivity contribution in [3.63, 3.8) is 0 Å². The highest BCUT2D eigenvalue weighted by Crippen LogP contribution is 2.49. The van der Waals surface area contributed by atoms with Crippen LogP contribution in [0.25, 0.3) is 0 Å². The van der Waals surface area contributed by atoms with Gasteiger partial charge in [-0.05, 0) is 55.5 Å². The SMILES string of the molecule is CCNC(=NCC1(c2ccccc2F)CC1)NCCc1ccc(OCC(N)=O)cc1. The lowest BCUT2D eigenvalue weighted by molar-refractivity contribution is -0.119. The van der Waals surface area contributed by atoms with Gasteiger partial charge in [-0.2, -0.15) is 0 Å². The fourth-order valence-corrected chi connectivity index (χ4v) is 3.36. The van der Waals surface area contributed by atoms with Gasteiger partial charge in [0.15, 0.2) is 12.6 Å². The zero-order valence-corrected chi connectivity index (χ0v) is 17.3. The Balaban J connectivity index is 1.52. The number of rotatable bonds is 10. The van der Waals surface area contributed by atoms with E-state index in [1.807, 2.05) is 43.3 Å². The standard InChI is InChI=1S/C23H29FN4O2/c1-2-26-22(28-16-23(12-13-23)19-5-3-4-6-20(19)24)27-14-11-17-7-9-18(10-8-17)30-15-21(25)29/h3-10H,2,11-16H2,1H3,(H2,25,29)(H2,26,27,28). The number of aliphatic imine (C=N–C) groups is 1. The molecule has 7 heteroatoms. The van der Waals surface area contributed by atoms with Gasteiger partial charge in [0.2, 0.25) is 0 Å². The second kappa shape index (κ2) is 10.1. The zero-order chi connectivity index (χ0) is 21.4. The van der Waals surface area contributed by atoms with Crippen molar-refractivity contribution in [3.8, 4) is 5.75 Å². The first-order chi connectivity index (χ1) is 14.5. The van der Waals surface area contributed by atoms with Gasteiger partial charge in [-0.3, -0.25) is 9.79 Å². The van der Waals surface area contributed by atoms with Crippen LogP contribution in [-0.2, 0) is 16.6 Å². The fraction of sp³-hybridized carbons (Fsp3) is 0.391. The lowest BCUT2D eigenvalue weighted by atomic mass is 9.95. The van der Waals surface area contributed by atoms with Gasteiger partial charge >= 0.3 is 0 Å². The Labute approximate surface area is 176 Å². The van der Waals surface area contributed by atoms with Crippen molar-refractivity contribution in [1.82, 2.24) is 10.6 Å². The van der Waals surface area contributed by atoms with Crippen LogP contribution >= 0.6 is 0 Å². The van der Waals surface area contributed by atoms with Gasteiger partial charge in [0.05, 0.1) is 6.54 Å². The molecular weight excluding hydrogens is 383 g/mol. The summed E-state index contributed by atoms with van der Waals surface area (Å²) in [4.78, 5) is 15.5. The number of halogens is 1. The van der Waals surface area contributed by atoms with Crippen LogP contribution in [0, 0.1) is 5.82 Å². The third kappa shape index (κ3) is 5.95. The van der Waals surface area contributed by atoms with Crippen molar-refractivity contribution in [3.05, 3.63) is 65.5 Å². The second-order valence-electron chi connectivity index (χ2n) is 7.53. The summed E-state index contributed by atoms with van der Waals surface area (Å²) in [6.45, 7) is 3.92. The minimum atomic E-state index is -0.499. The topological polar surface area (TPSA) is 88.7 Å². The Hall–Kier alpha value is -3.09. The quantitative estimate of drug-likeness (QED) is 0.413. The summed E-state index contributed by atoms with van der Waals surface area (Å²) in [6.07, 6.45) is 2.72. The molecule has 0 bridgehead atoms. The number of nitrogens with zero attached hydrogens (tertiary/aromatic N) is 1. The van der Waals surface area contributed by atoms with E-state index in [1.165, 1.54) is 6.07 Å². The fourth-order valence-electron chi connectivity index (χ4n) is 3.36. The number of carbonyl (C=O) groups excluding carboxylic acids is 1. The molecule has 6 nitrogen and oxygen atoms in total. The van der Waals surface area contributed by atoms with Crippen molar-refractivity contribution in [2.75, 3.05) is 26.2 Å². The first kappa shape index (κ1) is 21.6. The minimum absolute atomic E-state index is 0.127. The average molecular weight is 413 g/mol. The van der Waals surface area contributed by atoms with Gasteiger partial charge in [0.25, 0.3) is 5.91 Å². The van der Waals surface area contributed by atoms with Gasteiger partial charge in [0.1, 0.15) is 11.6 Å². The predicted octanol–water partition coefficient (Wildman–Crippen LogP) is 2.52. The third-order valence-electron chi connectivity index (χ3n) is 5.19. The van der Waals surface area contributed by atoms with E-state index in [0.29, 0.717) is 18.8 Å². The third-order valence-corrected chi connectivity index (χ3v) is 5.19. The van der Waals surface area contributed by atoms with E-state index in [9.17, 15) is 9.18 Å². The number of primary amides is 1. The second-order valence-corrected chi connectivity index (χ2v) is 7.53. The van der Waals surface area contributed by atoms with Crippen LogP contribution in [0.2, 0.25) is 0 Å². The molecule has 1 fully saturated rings. The van der Waals surface area contributed by atoms with Crippen molar-refractivity contribution >= 4 is 11.9 Å². The number of guanidine groups is 1. The maximum atomic E-state index is 14.2. The molecule has 1 amide bonds. The Bertz CT molecular complexity index is 879. The molecule has 3 rings (SSSR count). The number of carbonyl (C=O) groups is 1. The van der Waals surface area contributed by atoms with Gasteiger partial charge in [0, 0.05) is 18.5 Å². The molecule has 2 aromatic rings. The molecule has 30 heavy (non-hydrogen) atoms. The molecule has 0 aromatic heterocycles. The summed E-state index contributed by atoms with van der Waals surface area (Å²) in [7, 11) is 0. The Morgan fingerprint density at radius 1 is 1.17 bits per heavy atom. The summed E-state index contributed by atoms with van der Waals surface area (Å²) in [5, 5.41) is 6.60. The number of nitrogens with two attached hydrogens (primary N) is 1. The highest BCUT2D eigenvalue weighted by atomic mass is 19.1. The molecule has 0 unspecified atom stereocenters. The van der Waals surface area contributed by atoms with Crippen LogP contribution in [0.15, 0.2) is 53.5 Å². The normalized spacial score (nSPS) is 14.8. The van der Waals surface area contributed by atoms with Gasteiger partial charge in [-0.1, -0.05) is 30.3 Å². The Morgan fingerprint density at radius 2 is 1.90 bits per heavy atom. The van der Waals surface area contributed by atoms with Crippen molar-refractivity contribution in [1.29, 1.82) is 0 Å². The van der Waals surface area contributed by atoms with E-state index < -0.39 is 5.91 Å². The van der Waals surface area contributed by atoms with Crippen LogP contribution in [0.1, 0.15) is 30.9 Å². The van der Waals surface area contributed by atoms with E-state index in [-0.39, 0.29) is 17.8 Å². The first-order valence-electron chi connectivity index (χ1n) is 10.3. The average Bonchev–Trinajstić information content (AvgIpc) is 3.52. The number of benzene rings is 2. The molecule has 1 saturated carbocycles. The van der Waals surface area contributed by atoms with Crippen LogP contribution in [-0.4, -0.2) is 38.1 Å². The number of hydrogen-bond donors (Lipinski definition) is 3. The molecule has 1 aliphatic carbocycles. The molecule has 0 heterocycles. The van der Waals surface area contributed by atoms with Crippen molar-refractivity contribution < 1.29 is 13.9 Å². The highest BCUT2D eigenvalue weighted by Gasteiger charge is 2.45. The molecule has 4 N–H and O–H groups in total. The highest BCUT2D eigenvalue weighted by molar-refractivity contribution is 5.79. The predicted molar refractivity (Wildman–Crippen MR) is 116 cm³/mol. The lowest BCUT2D eigenvalue weighted by Crippen LogP contribution is -2.39. The molecule has 1 aliphatic rings. The van der Waals surface area contributed by atoms with E-state index >= 15 is 0 Å². The van der Waals surface area contributed by atoms with Crippen molar-refractivity contribution in [2.45, 2.75) is 31.6 Å². The Kier molecular flexibility index (Phi) is 7.27. The van der Waals surface area contributed by atoms with Crippen LogP contribution in [0.4, 0.5) is 4.39 Å². The number of ether oxygens (including phenoxy) is 1. The van der Waals surface area contributed by atoms with Gasteiger partial charge in [-0.25, -0.2) is 4.39 Å². The number of amides is 1. The molecule has 0 radical (unpaired) electrons. The largest absolute Gasteiger partial charge is 0.484 e.